The number of rotatable bonds is 2. The Morgan fingerprint density at radius 1 is 1.28 bits per heavy atom. The number of hydrogen-bond donors (Lipinski definition) is 1. The fraction of sp³-hybridized carbons (Fsp3) is 0.500. The summed E-state index contributed by atoms with van der Waals surface area (Å²) in [6.45, 7) is 0. The maximum absolute atomic E-state index is 12.9. The molecule has 0 amide bonds. The summed E-state index contributed by atoms with van der Waals surface area (Å²) in [6, 6.07) is 3.20. The summed E-state index contributed by atoms with van der Waals surface area (Å²) in [6.07, 6.45) is -1.61. The van der Waals surface area contributed by atoms with Crippen molar-refractivity contribution in [2.45, 2.75) is 31.5 Å². The molecule has 1 aliphatic carbocycles. The van der Waals surface area contributed by atoms with E-state index in [9.17, 15) is 13.2 Å². The van der Waals surface area contributed by atoms with Crippen molar-refractivity contribution in [2.75, 3.05) is 0 Å². The third-order valence-corrected chi connectivity index (χ3v) is 3.68. The highest BCUT2D eigenvalue weighted by atomic mass is 35.5. The molecule has 1 atom stereocenters. The van der Waals surface area contributed by atoms with Crippen molar-refractivity contribution < 1.29 is 13.2 Å². The Bertz CT molecular complexity index is 416. The van der Waals surface area contributed by atoms with Gasteiger partial charge in [0.15, 0.2) is 0 Å². The summed E-state index contributed by atoms with van der Waals surface area (Å²) in [5.74, 6) is 0.121. The van der Waals surface area contributed by atoms with Crippen LogP contribution in [0.15, 0.2) is 18.2 Å². The van der Waals surface area contributed by atoms with Gasteiger partial charge in [-0.15, -0.1) is 12.4 Å². The number of benzene rings is 1. The Labute approximate surface area is 115 Å². The minimum atomic E-state index is -4.40. The van der Waals surface area contributed by atoms with E-state index in [0.29, 0.717) is 0 Å². The summed E-state index contributed by atoms with van der Waals surface area (Å²) < 4.78 is 38.6. The van der Waals surface area contributed by atoms with Gasteiger partial charge < -0.3 is 5.73 Å². The van der Waals surface area contributed by atoms with E-state index in [1.807, 2.05) is 0 Å². The topological polar surface area (TPSA) is 26.0 Å². The van der Waals surface area contributed by atoms with Crippen molar-refractivity contribution in [3.63, 3.8) is 0 Å². The summed E-state index contributed by atoms with van der Waals surface area (Å²) in [4.78, 5) is 0. The molecule has 0 aliphatic heterocycles. The summed E-state index contributed by atoms with van der Waals surface area (Å²) in [5, 5.41) is 0.110. The van der Waals surface area contributed by atoms with Crippen molar-refractivity contribution in [3.8, 4) is 0 Å². The lowest BCUT2D eigenvalue weighted by atomic mass is 9.76. The van der Waals surface area contributed by atoms with Crippen LogP contribution in [0.1, 0.15) is 36.4 Å². The molecular formula is C12H14Cl2F3N. The van der Waals surface area contributed by atoms with Crippen LogP contribution < -0.4 is 5.73 Å². The third-order valence-electron chi connectivity index (χ3n) is 3.35. The van der Waals surface area contributed by atoms with Crippen molar-refractivity contribution in [3.05, 3.63) is 34.3 Å². The van der Waals surface area contributed by atoms with Gasteiger partial charge in [0.2, 0.25) is 0 Å². The van der Waals surface area contributed by atoms with Gasteiger partial charge in [-0.2, -0.15) is 13.2 Å². The van der Waals surface area contributed by atoms with Crippen LogP contribution in [0.5, 0.6) is 0 Å². The normalized spacial score (nSPS) is 17.8. The quantitative estimate of drug-likeness (QED) is 0.850. The molecule has 1 aromatic carbocycles. The largest absolute Gasteiger partial charge is 0.416 e. The van der Waals surface area contributed by atoms with E-state index >= 15 is 0 Å². The van der Waals surface area contributed by atoms with Crippen LogP contribution >= 0.6 is 24.0 Å². The molecule has 0 heterocycles. The maximum atomic E-state index is 12.9. The lowest BCUT2D eigenvalue weighted by Gasteiger charge is -2.33. The van der Waals surface area contributed by atoms with E-state index in [1.165, 1.54) is 12.1 Å². The van der Waals surface area contributed by atoms with E-state index in [4.69, 9.17) is 17.3 Å². The van der Waals surface area contributed by atoms with Crippen LogP contribution in [0.25, 0.3) is 0 Å². The Balaban J connectivity index is 0.00000162. The molecule has 0 saturated heterocycles. The van der Waals surface area contributed by atoms with Crippen molar-refractivity contribution >= 4 is 24.0 Å². The van der Waals surface area contributed by atoms with Crippen LogP contribution in [-0.4, -0.2) is 0 Å². The molecule has 0 radical (unpaired) electrons. The average molecular weight is 300 g/mol. The van der Waals surface area contributed by atoms with Crippen molar-refractivity contribution in [1.29, 1.82) is 0 Å². The van der Waals surface area contributed by atoms with E-state index < -0.39 is 17.8 Å². The van der Waals surface area contributed by atoms with Crippen molar-refractivity contribution in [1.82, 2.24) is 0 Å². The summed E-state index contributed by atoms with van der Waals surface area (Å²) in [5.41, 5.74) is 5.26. The smallest absolute Gasteiger partial charge is 0.324 e. The molecule has 1 fully saturated rings. The van der Waals surface area contributed by atoms with Gasteiger partial charge in [0, 0.05) is 11.1 Å². The van der Waals surface area contributed by atoms with Gasteiger partial charge in [0.25, 0.3) is 0 Å². The fourth-order valence-electron chi connectivity index (χ4n) is 2.16. The van der Waals surface area contributed by atoms with E-state index in [1.54, 1.807) is 0 Å². The molecule has 6 heteroatoms. The molecular weight excluding hydrogens is 286 g/mol. The van der Waals surface area contributed by atoms with Gasteiger partial charge >= 0.3 is 6.18 Å². The molecule has 2 N–H and O–H groups in total. The minimum Gasteiger partial charge on any atom is -0.324 e. The van der Waals surface area contributed by atoms with Crippen LogP contribution in [-0.2, 0) is 6.18 Å². The van der Waals surface area contributed by atoms with E-state index in [0.717, 1.165) is 25.3 Å². The zero-order valence-corrected chi connectivity index (χ0v) is 11.1. The second kappa shape index (κ2) is 5.68. The van der Waals surface area contributed by atoms with Gasteiger partial charge in [-0.1, -0.05) is 24.1 Å². The number of hydrogen-bond acceptors (Lipinski definition) is 1. The van der Waals surface area contributed by atoms with Crippen LogP contribution in [0.3, 0.4) is 0 Å². The van der Waals surface area contributed by atoms with Gasteiger partial charge in [-0.05, 0) is 36.5 Å². The van der Waals surface area contributed by atoms with Crippen LogP contribution in [0.4, 0.5) is 13.2 Å². The molecule has 0 bridgehead atoms. The predicted octanol–water partition coefficient (Wildman–Crippen LogP) is 4.58. The number of nitrogens with two attached hydrogens (primary N) is 1. The molecule has 102 valence electrons. The zero-order valence-electron chi connectivity index (χ0n) is 9.51. The molecule has 0 aromatic heterocycles. The number of alkyl halides is 3. The van der Waals surface area contributed by atoms with Gasteiger partial charge in [-0.3, -0.25) is 0 Å². The molecule has 0 unspecified atom stereocenters. The lowest BCUT2D eigenvalue weighted by Crippen LogP contribution is -2.29. The minimum absolute atomic E-state index is 0. The Kier molecular flexibility index (Phi) is 4.92. The molecule has 1 aliphatic rings. The third kappa shape index (κ3) is 2.92. The second-order valence-corrected chi connectivity index (χ2v) is 4.82. The first-order chi connectivity index (χ1) is 7.91. The highest BCUT2D eigenvalue weighted by molar-refractivity contribution is 6.31. The average Bonchev–Trinajstić information content (AvgIpc) is 2.12. The molecule has 1 saturated carbocycles. The molecule has 1 nitrogen and oxygen atoms in total. The molecule has 2 rings (SSSR count). The van der Waals surface area contributed by atoms with Crippen molar-refractivity contribution in [2.24, 2.45) is 11.7 Å². The Hall–Kier alpha value is -0.450. The highest BCUT2D eigenvalue weighted by Gasteiger charge is 2.38. The number of halogens is 5. The molecule has 0 spiro atoms. The first-order valence-corrected chi connectivity index (χ1v) is 5.90. The molecule has 18 heavy (non-hydrogen) atoms. The van der Waals surface area contributed by atoms with Gasteiger partial charge in [-0.25, -0.2) is 0 Å². The zero-order chi connectivity index (χ0) is 12.6. The van der Waals surface area contributed by atoms with Gasteiger partial charge in [0.1, 0.15) is 0 Å². The highest BCUT2D eigenvalue weighted by Crippen LogP contribution is 2.43. The monoisotopic (exact) mass is 299 g/mol. The summed E-state index contributed by atoms with van der Waals surface area (Å²) in [7, 11) is 0. The van der Waals surface area contributed by atoms with Crippen LogP contribution in [0.2, 0.25) is 5.02 Å². The Morgan fingerprint density at radius 3 is 2.33 bits per heavy atom. The second-order valence-electron chi connectivity index (χ2n) is 4.42. The predicted molar refractivity (Wildman–Crippen MR) is 68.0 cm³/mol. The maximum Gasteiger partial charge on any atom is 0.416 e. The Morgan fingerprint density at radius 2 is 1.89 bits per heavy atom. The first kappa shape index (κ1) is 15.6. The SMILES string of the molecule is Cl.N[C@H](c1c(Cl)cccc1C(F)(F)F)C1CCC1. The fourth-order valence-corrected chi connectivity index (χ4v) is 2.46. The lowest BCUT2D eigenvalue weighted by molar-refractivity contribution is -0.138. The van der Waals surface area contributed by atoms with E-state index in [-0.39, 0.29) is 28.9 Å². The summed E-state index contributed by atoms with van der Waals surface area (Å²) >= 11 is 5.88. The molecule has 1 aromatic rings. The van der Waals surface area contributed by atoms with Gasteiger partial charge in [0.05, 0.1) is 5.56 Å². The first-order valence-electron chi connectivity index (χ1n) is 5.52. The van der Waals surface area contributed by atoms with Crippen LogP contribution in [0, 0.1) is 5.92 Å². The standard InChI is InChI=1S/C12H13ClF3N.ClH/c13-9-6-2-5-8(12(14,15)16)10(9)11(17)7-3-1-4-7;/h2,5-7,11H,1,3-4,17H2;1H/t11-;/m0./s1. The van der Waals surface area contributed by atoms with E-state index in [2.05, 4.69) is 0 Å².